The first-order chi connectivity index (χ1) is 7.40. The molecule has 17 heavy (non-hydrogen) atoms. The van der Waals surface area contributed by atoms with Crippen molar-refractivity contribution in [1.29, 1.82) is 0 Å². The van der Waals surface area contributed by atoms with Gasteiger partial charge in [0.05, 0.1) is 11.1 Å². The fourth-order valence-electron chi connectivity index (χ4n) is 1.52. The van der Waals surface area contributed by atoms with Gasteiger partial charge in [-0.3, -0.25) is 19.0 Å². The summed E-state index contributed by atoms with van der Waals surface area (Å²) >= 11 is 0. The molecule has 85 valence electrons. The average molecular weight is 280 g/mol. The van der Waals surface area contributed by atoms with E-state index in [-0.39, 0.29) is 62.5 Å². The Bertz CT molecular complexity index is 548. The number of hydrogen-bond acceptors (Lipinski definition) is 4. The molecule has 1 aliphatic rings. The Hall–Kier alpha value is -0.0936. The second kappa shape index (κ2) is 5.27. The van der Waals surface area contributed by atoms with E-state index >= 15 is 0 Å². The molecular formula is C9H7KNO5S. The SMILES string of the molecule is O=C1c2ccccc2C(=O)N1CS(=O)(=O)O.[K]. The Balaban J connectivity index is 0.00000144. The second-order valence-electron chi connectivity index (χ2n) is 3.29. The van der Waals surface area contributed by atoms with Crippen LogP contribution in [0.2, 0.25) is 0 Å². The summed E-state index contributed by atoms with van der Waals surface area (Å²) in [6.45, 7) is 0. The molecule has 1 aliphatic heterocycles. The van der Waals surface area contributed by atoms with Gasteiger partial charge in [0.1, 0.15) is 0 Å². The number of carbonyl (C=O) groups excluding carboxylic acids is 2. The predicted molar refractivity (Wildman–Crippen MR) is 59.1 cm³/mol. The predicted octanol–water partition coefficient (Wildman–Crippen LogP) is -0.253. The van der Waals surface area contributed by atoms with Gasteiger partial charge in [0.15, 0.2) is 5.88 Å². The van der Waals surface area contributed by atoms with Gasteiger partial charge in [-0.1, -0.05) is 12.1 Å². The number of carbonyl (C=O) groups is 2. The van der Waals surface area contributed by atoms with Crippen molar-refractivity contribution in [3.8, 4) is 0 Å². The van der Waals surface area contributed by atoms with Crippen LogP contribution in [0.4, 0.5) is 0 Å². The van der Waals surface area contributed by atoms with Crippen LogP contribution in [0.1, 0.15) is 20.7 Å². The molecule has 8 heteroatoms. The van der Waals surface area contributed by atoms with E-state index < -0.39 is 27.8 Å². The molecule has 1 aromatic carbocycles. The molecule has 1 aromatic rings. The van der Waals surface area contributed by atoms with Crippen LogP contribution in [-0.2, 0) is 10.1 Å². The third kappa shape index (κ3) is 3.02. The largest absolute Gasteiger partial charge is 0.284 e. The first-order valence-corrected chi connectivity index (χ1v) is 5.91. The van der Waals surface area contributed by atoms with Crippen LogP contribution < -0.4 is 0 Å². The van der Waals surface area contributed by atoms with Gasteiger partial charge in [0.2, 0.25) is 0 Å². The maximum Gasteiger partial charge on any atom is 0.283 e. The van der Waals surface area contributed by atoms with E-state index in [1.165, 1.54) is 12.1 Å². The van der Waals surface area contributed by atoms with E-state index in [4.69, 9.17) is 4.55 Å². The second-order valence-corrected chi connectivity index (χ2v) is 4.72. The smallest absolute Gasteiger partial charge is 0.283 e. The fraction of sp³-hybridized carbons (Fsp3) is 0.111. The van der Waals surface area contributed by atoms with E-state index in [1.54, 1.807) is 12.1 Å². The summed E-state index contributed by atoms with van der Waals surface area (Å²) in [6.07, 6.45) is 0. The van der Waals surface area contributed by atoms with E-state index in [0.29, 0.717) is 4.90 Å². The molecular weight excluding hydrogens is 273 g/mol. The summed E-state index contributed by atoms with van der Waals surface area (Å²) in [5.74, 6) is -2.43. The molecule has 0 fully saturated rings. The Labute approximate surface area is 140 Å². The van der Waals surface area contributed by atoms with Crippen molar-refractivity contribution >= 4 is 73.3 Å². The Morgan fingerprint density at radius 3 is 1.82 bits per heavy atom. The molecule has 1 radical (unpaired) electrons. The minimum atomic E-state index is -4.41. The molecule has 0 bridgehead atoms. The molecule has 1 heterocycles. The standard InChI is InChI=1S/C9H7NO5S.K/c11-8-6-3-1-2-4-7(6)9(12)10(8)5-16(13,14)15;/h1-4H,5H2,(H,13,14,15);. The van der Waals surface area contributed by atoms with E-state index in [2.05, 4.69) is 0 Å². The van der Waals surface area contributed by atoms with Gasteiger partial charge in [0, 0.05) is 51.4 Å². The molecule has 1 N–H and O–H groups in total. The Morgan fingerprint density at radius 1 is 1.06 bits per heavy atom. The third-order valence-corrected chi connectivity index (χ3v) is 2.75. The Kier molecular flexibility index (Phi) is 4.64. The molecule has 2 rings (SSSR count). The van der Waals surface area contributed by atoms with Gasteiger partial charge in [-0.15, -0.1) is 0 Å². The zero-order chi connectivity index (χ0) is 11.9. The van der Waals surface area contributed by atoms with Crippen molar-refractivity contribution in [3.05, 3.63) is 35.4 Å². The summed E-state index contributed by atoms with van der Waals surface area (Å²) < 4.78 is 29.9. The molecule has 0 atom stereocenters. The van der Waals surface area contributed by atoms with Crippen LogP contribution in [0.15, 0.2) is 24.3 Å². The van der Waals surface area contributed by atoms with Gasteiger partial charge in [0.25, 0.3) is 21.9 Å². The van der Waals surface area contributed by atoms with E-state index in [1.807, 2.05) is 0 Å². The van der Waals surface area contributed by atoms with Gasteiger partial charge >= 0.3 is 0 Å². The minimum Gasteiger partial charge on any atom is -0.284 e. The maximum absolute atomic E-state index is 11.6. The normalized spacial score (nSPS) is 14.5. The first-order valence-electron chi connectivity index (χ1n) is 4.30. The molecule has 0 spiro atoms. The minimum absolute atomic E-state index is 0. The molecule has 2 amide bonds. The quantitative estimate of drug-likeness (QED) is 0.458. The van der Waals surface area contributed by atoms with Crippen molar-refractivity contribution in [2.45, 2.75) is 0 Å². The van der Waals surface area contributed by atoms with Crippen molar-refractivity contribution in [2.24, 2.45) is 0 Å². The monoisotopic (exact) mass is 280 g/mol. The number of benzene rings is 1. The maximum atomic E-state index is 11.6. The number of nitrogens with zero attached hydrogens (tertiary/aromatic N) is 1. The van der Waals surface area contributed by atoms with Crippen LogP contribution in [0, 0.1) is 0 Å². The fourth-order valence-corrected chi connectivity index (χ4v) is 2.08. The Morgan fingerprint density at radius 2 is 1.47 bits per heavy atom. The summed E-state index contributed by atoms with van der Waals surface area (Å²) in [5.41, 5.74) is 0.298. The number of amides is 2. The van der Waals surface area contributed by atoms with Gasteiger partial charge in [-0.05, 0) is 12.1 Å². The van der Waals surface area contributed by atoms with Crippen LogP contribution >= 0.6 is 0 Å². The topological polar surface area (TPSA) is 91.8 Å². The summed E-state index contributed by atoms with van der Waals surface area (Å²) in [7, 11) is -4.41. The van der Waals surface area contributed by atoms with Crippen LogP contribution in [-0.4, -0.2) is 86.9 Å². The molecule has 0 aromatic heterocycles. The number of rotatable bonds is 2. The van der Waals surface area contributed by atoms with Gasteiger partial charge in [-0.25, -0.2) is 0 Å². The van der Waals surface area contributed by atoms with Gasteiger partial charge < -0.3 is 0 Å². The summed E-state index contributed by atoms with van der Waals surface area (Å²) in [6, 6.07) is 6.00. The number of hydrogen-bond donors (Lipinski definition) is 1. The average Bonchev–Trinajstić information content (AvgIpc) is 2.43. The molecule has 0 saturated carbocycles. The molecule has 0 aliphatic carbocycles. The number of fused-ring (bicyclic) bond motifs is 1. The third-order valence-electron chi connectivity index (χ3n) is 2.17. The first kappa shape index (κ1) is 15.0. The molecule has 6 nitrogen and oxygen atoms in total. The van der Waals surface area contributed by atoms with Crippen LogP contribution in [0.25, 0.3) is 0 Å². The van der Waals surface area contributed by atoms with Crippen LogP contribution in [0.3, 0.4) is 0 Å². The van der Waals surface area contributed by atoms with Crippen molar-refractivity contribution in [1.82, 2.24) is 4.90 Å². The molecule has 0 unspecified atom stereocenters. The van der Waals surface area contributed by atoms with E-state index in [0.717, 1.165) is 0 Å². The zero-order valence-corrected chi connectivity index (χ0v) is 12.9. The molecule has 0 saturated heterocycles. The zero-order valence-electron chi connectivity index (χ0n) is 8.95. The van der Waals surface area contributed by atoms with E-state index in [9.17, 15) is 18.0 Å². The summed E-state index contributed by atoms with van der Waals surface area (Å²) in [4.78, 5) is 23.7. The van der Waals surface area contributed by atoms with Crippen molar-refractivity contribution in [2.75, 3.05) is 5.88 Å². The van der Waals surface area contributed by atoms with Crippen molar-refractivity contribution < 1.29 is 22.6 Å². The summed E-state index contributed by atoms with van der Waals surface area (Å²) in [5, 5.41) is 0. The van der Waals surface area contributed by atoms with Crippen LogP contribution in [0.5, 0.6) is 0 Å². The van der Waals surface area contributed by atoms with Crippen molar-refractivity contribution in [3.63, 3.8) is 0 Å². The van der Waals surface area contributed by atoms with Gasteiger partial charge in [-0.2, -0.15) is 8.42 Å². The number of imide groups is 1.